The predicted molar refractivity (Wildman–Crippen MR) is 65.1 cm³/mol. The lowest BCUT2D eigenvalue weighted by atomic mass is 9.84. The summed E-state index contributed by atoms with van der Waals surface area (Å²) in [4.78, 5) is 0. The molecule has 0 aromatic heterocycles. The number of ether oxygens (including phenoxy) is 1. The van der Waals surface area contributed by atoms with Crippen molar-refractivity contribution >= 4 is 0 Å². The summed E-state index contributed by atoms with van der Waals surface area (Å²) in [6.45, 7) is 7.28. The Balaban J connectivity index is 2.00. The molecular formula is C13H27NO. The Morgan fingerprint density at radius 2 is 2.07 bits per heavy atom. The molecule has 1 aliphatic carbocycles. The van der Waals surface area contributed by atoms with Gasteiger partial charge in [0.05, 0.1) is 6.61 Å². The minimum Gasteiger partial charge on any atom is -0.380 e. The summed E-state index contributed by atoms with van der Waals surface area (Å²) >= 11 is 0. The number of hydrogen-bond acceptors (Lipinski definition) is 2. The van der Waals surface area contributed by atoms with Crippen molar-refractivity contribution < 1.29 is 4.74 Å². The second kappa shape index (κ2) is 8.12. The van der Waals surface area contributed by atoms with Gasteiger partial charge in [0, 0.05) is 19.2 Å². The predicted octanol–water partition coefficient (Wildman–Crippen LogP) is 2.97. The van der Waals surface area contributed by atoms with Crippen LogP contribution >= 0.6 is 0 Å². The van der Waals surface area contributed by atoms with Gasteiger partial charge in [0.2, 0.25) is 0 Å². The molecule has 1 N–H and O–H groups in total. The quantitative estimate of drug-likeness (QED) is 0.656. The molecule has 0 amide bonds. The van der Waals surface area contributed by atoms with Crippen LogP contribution in [0.5, 0.6) is 0 Å². The van der Waals surface area contributed by atoms with Gasteiger partial charge in [0.15, 0.2) is 0 Å². The van der Waals surface area contributed by atoms with E-state index in [9.17, 15) is 0 Å². The van der Waals surface area contributed by atoms with Crippen LogP contribution in [0.1, 0.15) is 52.4 Å². The average molecular weight is 213 g/mol. The van der Waals surface area contributed by atoms with Crippen LogP contribution in [0.3, 0.4) is 0 Å². The molecule has 1 saturated carbocycles. The number of rotatable bonds is 7. The van der Waals surface area contributed by atoms with E-state index in [0.717, 1.165) is 38.1 Å². The van der Waals surface area contributed by atoms with Crippen LogP contribution < -0.4 is 5.32 Å². The van der Waals surface area contributed by atoms with Crippen LogP contribution in [0, 0.1) is 5.92 Å². The number of hydrogen-bond donors (Lipinski definition) is 1. The van der Waals surface area contributed by atoms with Gasteiger partial charge in [-0.25, -0.2) is 0 Å². The molecule has 2 heteroatoms. The fourth-order valence-electron chi connectivity index (χ4n) is 2.43. The van der Waals surface area contributed by atoms with E-state index < -0.39 is 0 Å². The molecule has 0 aliphatic heterocycles. The SMILES string of the molecule is CCCOCCNC1CCCC(CC)C1. The molecule has 2 nitrogen and oxygen atoms in total. The van der Waals surface area contributed by atoms with Crippen LogP contribution in [0.2, 0.25) is 0 Å². The lowest BCUT2D eigenvalue weighted by molar-refractivity contribution is 0.131. The van der Waals surface area contributed by atoms with Gasteiger partial charge in [0.1, 0.15) is 0 Å². The minimum absolute atomic E-state index is 0.758. The summed E-state index contributed by atoms with van der Waals surface area (Å²) in [5, 5.41) is 3.62. The third-order valence-corrected chi connectivity index (χ3v) is 3.39. The second-order valence-electron chi connectivity index (χ2n) is 4.70. The smallest absolute Gasteiger partial charge is 0.0590 e. The first kappa shape index (κ1) is 13.0. The monoisotopic (exact) mass is 213 g/mol. The zero-order valence-corrected chi connectivity index (χ0v) is 10.4. The van der Waals surface area contributed by atoms with Crippen molar-refractivity contribution in [2.45, 2.75) is 58.4 Å². The zero-order chi connectivity index (χ0) is 10.9. The van der Waals surface area contributed by atoms with Crippen molar-refractivity contribution in [2.75, 3.05) is 19.8 Å². The Kier molecular flexibility index (Phi) is 7.03. The van der Waals surface area contributed by atoms with E-state index >= 15 is 0 Å². The first-order valence-electron chi connectivity index (χ1n) is 6.68. The minimum atomic E-state index is 0.758. The van der Waals surface area contributed by atoms with E-state index in [1.807, 2.05) is 0 Å². The second-order valence-corrected chi connectivity index (χ2v) is 4.70. The molecule has 0 bridgehead atoms. The Labute approximate surface area is 94.8 Å². The van der Waals surface area contributed by atoms with Gasteiger partial charge in [0.25, 0.3) is 0 Å². The molecule has 1 aliphatic rings. The third-order valence-electron chi connectivity index (χ3n) is 3.39. The molecule has 0 heterocycles. The molecule has 90 valence electrons. The van der Waals surface area contributed by atoms with Crippen molar-refractivity contribution in [3.8, 4) is 0 Å². The van der Waals surface area contributed by atoms with Gasteiger partial charge < -0.3 is 10.1 Å². The van der Waals surface area contributed by atoms with E-state index in [2.05, 4.69) is 19.2 Å². The lowest BCUT2D eigenvalue weighted by Crippen LogP contribution is -2.36. The Morgan fingerprint density at radius 3 is 2.80 bits per heavy atom. The van der Waals surface area contributed by atoms with Gasteiger partial charge in [-0.05, 0) is 25.2 Å². The maximum atomic E-state index is 5.46. The molecule has 1 fully saturated rings. The van der Waals surface area contributed by atoms with Crippen LogP contribution in [-0.2, 0) is 4.74 Å². The van der Waals surface area contributed by atoms with E-state index in [4.69, 9.17) is 4.74 Å². The lowest BCUT2D eigenvalue weighted by Gasteiger charge is -2.29. The van der Waals surface area contributed by atoms with Crippen molar-refractivity contribution in [2.24, 2.45) is 5.92 Å². The Bertz CT molecular complexity index is 149. The normalized spacial score (nSPS) is 26.8. The maximum Gasteiger partial charge on any atom is 0.0590 e. The van der Waals surface area contributed by atoms with Gasteiger partial charge >= 0.3 is 0 Å². The van der Waals surface area contributed by atoms with Gasteiger partial charge in [-0.3, -0.25) is 0 Å². The highest BCUT2D eigenvalue weighted by atomic mass is 16.5. The highest BCUT2D eigenvalue weighted by molar-refractivity contribution is 4.77. The maximum absolute atomic E-state index is 5.46. The van der Waals surface area contributed by atoms with Crippen molar-refractivity contribution in [1.29, 1.82) is 0 Å². The van der Waals surface area contributed by atoms with Crippen LogP contribution in [0.25, 0.3) is 0 Å². The highest BCUT2D eigenvalue weighted by Gasteiger charge is 2.19. The summed E-state index contributed by atoms with van der Waals surface area (Å²) in [5.74, 6) is 0.966. The molecule has 0 aromatic carbocycles. The molecule has 0 saturated heterocycles. The molecule has 0 spiro atoms. The van der Waals surface area contributed by atoms with Crippen molar-refractivity contribution in [3.63, 3.8) is 0 Å². The fraction of sp³-hybridized carbons (Fsp3) is 1.00. The first-order chi connectivity index (χ1) is 7.36. The van der Waals surface area contributed by atoms with Crippen LogP contribution in [0.15, 0.2) is 0 Å². The fourth-order valence-corrected chi connectivity index (χ4v) is 2.43. The van der Waals surface area contributed by atoms with Crippen molar-refractivity contribution in [3.05, 3.63) is 0 Å². The summed E-state index contributed by atoms with van der Waals surface area (Å²) < 4.78 is 5.46. The average Bonchev–Trinajstić information content (AvgIpc) is 2.29. The third kappa shape index (κ3) is 5.53. The molecule has 2 unspecified atom stereocenters. The molecule has 2 atom stereocenters. The van der Waals surface area contributed by atoms with Gasteiger partial charge in [-0.1, -0.05) is 33.1 Å². The van der Waals surface area contributed by atoms with E-state index in [1.54, 1.807) is 0 Å². The largest absolute Gasteiger partial charge is 0.380 e. The summed E-state index contributed by atoms with van der Waals surface area (Å²) in [6.07, 6.45) is 8.08. The molecule has 15 heavy (non-hydrogen) atoms. The zero-order valence-electron chi connectivity index (χ0n) is 10.4. The Hall–Kier alpha value is -0.0800. The molecule has 0 aromatic rings. The number of nitrogens with one attached hydrogen (secondary N) is 1. The molecular weight excluding hydrogens is 186 g/mol. The molecule has 0 radical (unpaired) electrons. The van der Waals surface area contributed by atoms with Gasteiger partial charge in [-0.2, -0.15) is 0 Å². The standard InChI is InChI=1S/C13H27NO/c1-3-9-15-10-8-14-13-7-5-6-12(4-2)11-13/h12-14H,3-11H2,1-2H3. The summed E-state index contributed by atoms with van der Waals surface area (Å²) in [6, 6.07) is 0.758. The Morgan fingerprint density at radius 1 is 1.20 bits per heavy atom. The summed E-state index contributed by atoms with van der Waals surface area (Å²) in [5.41, 5.74) is 0. The highest BCUT2D eigenvalue weighted by Crippen LogP contribution is 2.26. The van der Waals surface area contributed by atoms with E-state index in [1.165, 1.54) is 32.1 Å². The van der Waals surface area contributed by atoms with Crippen LogP contribution in [0.4, 0.5) is 0 Å². The molecule has 1 rings (SSSR count). The van der Waals surface area contributed by atoms with Gasteiger partial charge in [-0.15, -0.1) is 0 Å². The van der Waals surface area contributed by atoms with E-state index in [-0.39, 0.29) is 0 Å². The van der Waals surface area contributed by atoms with E-state index in [0.29, 0.717) is 0 Å². The van der Waals surface area contributed by atoms with Crippen LogP contribution in [-0.4, -0.2) is 25.8 Å². The topological polar surface area (TPSA) is 21.3 Å². The first-order valence-corrected chi connectivity index (χ1v) is 6.68. The summed E-state index contributed by atoms with van der Waals surface area (Å²) in [7, 11) is 0. The van der Waals surface area contributed by atoms with Crippen molar-refractivity contribution in [1.82, 2.24) is 5.32 Å².